The average molecular weight is 510 g/mol. The van der Waals surface area contributed by atoms with Crippen molar-refractivity contribution in [2.75, 3.05) is 4.90 Å². The SMILES string of the molecule is CC(C)[C@H](N)C(=O)N[C@@H](CCC(=O)O)C(=O)N1c2ncccc2C[C@H]1C(=O)NCc1nn[nH]n1.Cl. The zero-order chi connectivity index (χ0) is 24.8. The zero-order valence-electron chi connectivity index (χ0n) is 19.2. The number of hydrogen-bond acceptors (Lipinski definition) is 9. The standard InChI is InChI=1S/C20H27N9O5.ClH/c1-10(2)16(21)19(33)24-12(5-6-15(30)31)20(34)29-13(8-11-4-3-7-22-17(11)29)18(32)23-9-14-25-27-28-26-14;/h3-4,7,10,12-13,16H,5-6,8-9,21H2,1-2H3,(H,23,32)(H,24,33)(H,30,31)(H,25,26,27,28);1H/t12-,13-,16-;/m0./s1. The minimum atomic E-state index is -1.21. The molecule has 2 aromatic rings. The van der Waals surface area contributed by atoms with Crippen molar-refractivity contribution >= 4 is 41.9 Å². The van der Waals surface area contributed by atoms with Gasteiger partial charge in [0.1, 0.15) is 17.9 Å². The Morgan fingerprint density at radius 2 is 2.06 bits per heavy atom. The molecule has 0 aromatic carbocycles. The molecule has 6 N–H and O–H groups in total. The number of H-pyrrole nitrogens is 1. The number of aromatic amines is 1. The number of anilines is 1. The molecule has 1 aliphatic heterocycles. The monoisotopic (exact) mass is 509 g/mol. The predicted octanol–water partition coefficient (Wildman–Crippen LogP) is -1.08. The van der Waals surface area contributed by atoms with Crippen LogP contribution in [0.15, 0.2) is 18.3 Å². The Morgan fingerprint density at radius 1 is 1.31 bits per heavy atom. The minimum absolute atomic E-state index is 0. The molecule has 0 spiro atoms. The number of carbonyl (C=O) groups excluding carboxylic acids is 3. The van der Waals surface area contributed by atoms with Crippen molar-refractivity contribution in [1.82, 2.24) is 36.2 Å². The second-order valence-electron chi connectivity index (χ2n) is 8.22. The van der Waals surface area contributed by atoms with Crippen LogP contribution < -0.4 is 21.3 Å². The first-order valence-corrected chi connectivity index (χ1v) is 10.7. The molecule has 190 valence electrons. The summed E-state index contributed by atoms with van der Waals surface area (Å²) in [7, 11) is 0. The number of carbonyl (C=O) groups is 4. The third kappa shape index (κ3) is 6.70. The molecule has 0 aliphatic carbocycles. The summed E-state index contributed by atoms with van der Waals surface area (Å²) in [6, 6.07) is 0.362. The molecule has 0 bridgehead atoms. The first-order valence-electron chi connectivity index (χ1n) is 10.7. The highest BCUT2D eigenvalue weighted by Gasteiger charge is 2.42. The summed E-state index contributed by atoms with van der Waals surface area (Å²) in [5.74, 6) is -2.52. The Morgan fingerprint density at radius 3 is 2.69 bits per heavy atom. The zero-order valence-corrected chi connectivity index (χ0v) is 20.0. The van der Waals surface area contributed by atoms with E-state index in [9.17, 15) is 19.2 Å². The molecule has 0 saturated carbocycles. The van der Waals surface area contributed by atoms with Crippen molar-refractivity contribution in [1.29, 1.82) is 0 Å². The smallest absolute Gasteiger partial charge is 0.303 e. The van der Waals surface area contributed by atoms with Gasteiger partial charge in [-0.2, -0.15) is 5.21 Å². The van der Waals surface area contributed by atoms with Crippen LogP contribution in [0, 0.1) is 5.92 Å². The number of nitrogens with two attached hydrogens (primary N) is 1. The Balaban J connectivity index is 0.00000432. The van der Waals surface area contributed by atoms with Crippen LogP contribution in [0.4, 0.5) is 5.82 Å². The van der Waals surface area contributed by atoms with Gasteiger partial charge in [0.15, 0.2) is 5.82 Å². The number of hydrogen-bond donors (Lipinski definition) is 5. The van der Waals surface area contributed by atoms with Gasteiger partial charge in [0.25, 0.3) is 5.91 Å². The fourth-order valence-electron chi connectivity index (χ4n) is 3.53. The molecule has 15 heteroatoms. The van der Waals surface area contributed by atoms with Gasteiger partial charge in [-0.05, 0) is 24.0 Å². The van der Waals surface area contributed by atoms with E-state index in [4.69, 9.17) is 10.8 Å². The maximum absolute atomic E-state index is 13.6. The number of nitrogens with one attached hydrogen (secondary N) is 3. The van der Waals surface area contributed by atoms with E-state index in [1.165, 1.54) is 11.1 Å². The van der Waals surface area contributed by atoms with Crippen LogP contribution in [-0.4, -0.2) is 72.5 Å². The van der Waals surface area contributed by atoms with Crippen molar-refractivity contribution < 1.29 is 24.3 Å². The van der Waals surface area contributed by atoms with Gasteiger partial charge in [0, 0.05) is 19.0 Å². The van der Waals surface area contributed by atoms with E-state index in [2.05, 4.69) is 36.2 Å². The largest absolute Gasteiger partial charge is 0.481 e. The number of aromatic nitrogens is 5. The van der Waals surface area contributed by atoms with Gasteiger partial charge >= 0.3 is 5.97 Å². The molecule has 14 nitrogen and oxygen atoms in total. The number of halogens is 1. The molecule has 2 aromatic heterocycles. The van der Waals surface area contributed by atoms with Crippen LogP contribution in [-0.2, 0) is 32.1 Å². The quantitative estimate of drug-likeness (QED) is 0.261. The lowest BCUT2D eigenvalue weighted by Crippen LogP contribution is -2.57. The first-order chi connectivity index (χ1) is 16.2. The molecule has 0 radical (unpaired) electrons. The van der Waals surface area contributed by atoms with Crippen LogP contribution in [0.5, 0.6) is 0 Å². The second kappa shape index (κ2) is 12.2. The Kier molecular flexibility index (Phi) is 9.59. The molecular formula is C20H28ClN9O5. The van der Waals surface area contributed by atoms with Crippen LogP contribution in [0.3, 0.4) is 0 Å². The number of rotatable bonds is 10. The van der Waals surface area contributed by atoms with E-state index in [0.717, 1.165) is 0 Å². The van der Waals surface area contributed by atoms with Crippen LogP contribution in [0.1, 0.15) is 38.1 Å². The molecule has 3 rings (SSSR count). The van der Waals surface area contributed by atoms with E-state index in [1.54, 1.807) is 26.0 Å². The highest BCUT2D eigenvalue weighted by atomic mass is 35.5. The fourth-order valence-corrected chi connectivity index (χ4v) is 3.53. The van der Waals surface area contributed by atoms with E-state index >= 15 is 0 Å². The number of amides is 3. The van der Waals surface area contributed by atoms with E-state index < -0.39 is 41.8 Å². The van der Waals surface area contributed by atoms with Crippen LogP contribution in [0.25, 0.3) is 0 Å². The average Bonchev–Trinajstić information content (AvgIpc) is 3.46. The summed E-state index contributed by atoms with van der Waals surface area (Å²) in [6.45, 7) is 3.49. The third-order valence-electron chi connectivity index (χ3n) is 5.45. The number of pyridine rings is 1. The molecule has 3 atom stereocenters. The highest BCUT2D eigenvalue weighted by Crippen LogP contribution is 2.31. The minimum Gasteiger partial charge on any atom is -0.481 e. The Hall–Kier alpha value is -3.65. The molecule has 3 heterocycles. The molecule has 0 fully saturated rings. The lowest BCUT2D eigenvalue weighted by molar-refractivity contribution is -0.138. The maximum atomic E-state index is 13.6. The molecule has 0 unspecified atom stereocenters. The Bertz CT molecular complexity index is 1050. The molecule has 0 saturated heterocycles. The lowest BCUT2D eigenvalue weighted by atomic mass is 10.0. The first kappa shape index (κ1) is 27.6. The van der Waals surface area contributed by atoms with Gasteiger partial charge in [-0.15, -0.1) is 22.6 Å². The summed E-state index contributed by atoms with van der Waals surface area (Å²) < 4.78 is 0. The van der Waals surface area contributed by atoms with Crippen molar-refractivity contribution in [2.45, 2.75) is 57.8 Å². The van der Waals surface area contributed by atoms with E-state index in [0.29, 0.717) is 5.56 Å². The fraction of sp³-hybridized carbons (Fsp3) is 0.500. The van der Waals surface area contributed by atoms with Gasteiger partial charge in [0.2, 0.25) is 11.8 Å². The second-order valence-corrected chi connectivity index (χ2v) is 8.22. The number of aliphatic carboxylic acids is 1. The van der Waals surface area contributed by atoms with Gasteiger partial charge in [-0.3, -0.25) is 24.1 Å². The van der Waals surface area contributed by atoms with Gasteiger partial charge in [0.05, 0.1) is 12.6 Å². The number of carboxylic acid groups (broad SMARTS) is 1. The molecule has 1 aliphatic rings. The van der Waals surface area contributed by atoms with E-state index in [1.807, 2.05) is 0 Å². The van der Waals surface area contributed by atoms with Gasteiger partial charge < -0.3 is 21.5 Å². The number of carboxylic acids is 1. The molecule has 35 heavy (non-hydrogen) atoms. The number of tetrazole rings is 1. The maximum Gasteiger partial charge on any atom is 0.303 e. The third-order valence-corrected chi connectivity index (χ3v) is 5.45. The Labute approximate surface area is 206 Å². The van der Waals surface area contributed by atoms with Crippen LogP contribution >= 0.6 is 12.4 Å². The molecular weight excluding hydrogens is 482 g/mol. The summed E-state index contributed by atoms with van der Waals surface area (Å²) in [6.07, 6.45) is 1.13. The van der Waals surface area contributed by atoms with Crippen molar-refractivity contribution in [3.8, 4) is 0 Å². The predicted molar refractivity (Wildman–Crippen MR) is 124 cm³/mol. The summed E-state index contributed by atoms with van der Waals surface area (Å²) in [5.41, 5.74) is 6.57. The van der Waals surface area contributed by atoms with Crippen LogP contribution in [0.2, 0.25) is 0 Å². The van der Waals surface area contributed by atoms with Crippen molar-refractivity contribution in [3.63, 3.8) is 0 Å². The normalized spacial score (nSPS) is 16.1. The summed E-state index contributed by atoms with van der Waals surface area (Å²) >= 11 is 0. The van der Waals surface area contributed by atoms with Crippen molar-refractivity contribution in [3.05, 3.63) is 29.7 Å². The van der Waals surface area contributed by atoms with E-state index in [-0.39, 0.29) is 55.8 Å². The van der Waals surface area contributed by atoms with Gasteiger partial charge in [-0.25, -0.2) is 4.98 Å². The number of nitrogens with zero attached hydrogens (tertiary/aromatic N) is 5. The topological polar surface area (TPSA) is 209 Å². The molecule has 3 amide bonds. The lowest BCUT2D eigenvalue weighted by Gasteiger charge is -2.29. The number of fused-ring (bicyclic) bond motifs is 1. The highest BCUT2D eigenvalue weighted by molar-refractivity contribution is 6.06. The van der Waals surface area contributed by atoms with Gasteiger partial charge in [-0.1, -0.05) is 25.1 Å². The summed E-state index contributed by atoms with van der Waals surface area (Å²) in [4.78, 5) is 55.9. The van der Waals surface area contributed by atoms with Crippen molar-refractivity contribution in [2.24, 2.45) is 11.7 Å². The summed E-state index contributed by atoms with van der Waals surface area (Å²) in [5, 5.41) is 27.6.